The number of halogens is 1. The van der Waals surface area contributed by atoms with Gasteiger partial charge in [0.05, 0.1) is 0 Å². The van der Waals surface area contributed by atoms with E-state index in [1.54, 1.807) is 35.2 Å². The van der Waals surface area contributed by atoms with Gasteiger partial charge in [0, 0.05) is 29.4 Å². The molecule has 0 atom stereocenters. The average molecular weight is 311 g/mol. The maximum atomic E-state index is 12.1. The number of carbonyl (C=O) groups excluding carboxylic acids is 1. The molecule has 1 aromatic rings. The van der Waals surface area contributed by atoms with E-state index in [0.29, 0.717) is 24.5 Å². The lowest BCUT2D eigenvalue weighted by atomic mass is 10.2. The van der Waals surface area contributed by atoms with Gasteiger partial charge in [-0.3, -0.25) is 4.90 Å². The molecular formula is C15H19ClN2O3. The minimum Gasteiger partial charge on any atom is -0.478 e. The number of carboxylic acids is 1. The largest absolute Gasteiger partial charge is 0.478 e. The van der Waals surface area contributed by atoms with E-state index >= 15 is 0 Å². The molecule has 0 aliphatic heterocycles. The summed E-state index contributed by atoms with van der Waals surface area (Å²) in [5.74, 6) is -0.947. The van der Waals surface area contributed by atoms with Gasteiger partial charge in [-0.05, 0) is 44.5 Å². The fraction of sp³-hybridized carbons (Fsp3) is 0.333. The van der Waals surface area contributed by atoms with Crippen LogP contribution in [-0.4, -0.2) is 30.2 Å². The second kappa shape index (κ2) is 8.32. The number of rotatable bonds is 6. The molecule has 0 aliphatic rings. The molecule has 2 amide bonds. The van der Waals surface area contributed by atoms with Gasteiger partial charge in [0.15, 0.2) is 0 Å². The quantitative estimate of drug-likeness (QED) is 0.625. The average Bonchev–Trinajstić information content (AvgIpc) is 2.46. The Labute approximate surface area is 129 Å². The van der Waals surface area contributed by atoms with E-state index in [2.05, 4.69) is 5.32 Å². The maximum Gasteiger partial charge on any atom is 0.330 e. The predicted molar refractivity (Wildman–Crippen MR) is 83.9 cm³/mol. The van der Waals surface area contributed by atoms with Gasteiger partial charge < -0.3 is 10.4 Å². The van der Waals surface area contributed by atoms with Crippen molar-refractivity contribution >= 4 is 29.3 Å². The molecule has 1 rings (SSSR count). The van der Waals surface area contributed by atoms with Crippen molar-refractivity contribution in [1.82, 2.24) is 5.32 Å². The molecule has 2 N–H and O–H groups in total. The fourth-order valence-corrected chi connectivity index (χ4v) is 1.84. The highest BCUT2D eigenvalue weighted by Gasteiger charge is 2.12. The third-order valence-corrected chi connectivity index (χ3v) is 3.16. The van der Waals surface area contributed by atoms with Crippen molar-refractivity contribution in [2.24, 2.45) is 0 Å². The van der Waals surface area contributed by atoms with Gasteiger partial charge in [-0.15, -0.1) is 0 Å². The van der Waals surface area contributed by atoms with Gasteiger partial charge in [-0.2, -0.15) is 0 Å². The van der Waals surface area contributed by atoms with Crippen LogP contribution in [0.1, 0.15) is 20.3 Å². The molecule has 6 heteroatoms. The number of nitrogens with one attached hydrogen (secondary N) is 1. The Kier molecular flexibility index (Phi) is 6.75. The molecule has 114 valence electrons. The van der Waals surface area contributed by atoms with Crippen molar-refractivity contribution in [2.45, 2.75) is 20.3 Å². The van der Waals surface area contributed by atoms with Crippen LogP contribution in [0.3, 0.4) is 0 Å². The number of aliphatic carboxylic acids is 1. The molecule has 0 spiro atoms. The summed E-state index contributed by atoms with van der Waals surface area (Å²) in [4.78, 5) is 24.3. The molecule has 21 heavy (non-hydrogen) atoms. The van der Waals surface area contributed by atoms with Gasteiger partial charge >= 0.3 is 12.0 Å². The van der Waals surface area contributed by atoms with E-state index in [4.69, 9.17) is 16.7 Å². The summed E-state index contributed by atoms with van der Waals surface area (Å²) in [6, 6.07) is 6.79. The van der Waals surface area contributed by atoms with Crippen LogP contribution >= 0.6 is 11.6 Å². The van der Waals surface area contributed by atoms with Gasteiger partial charge in [0.1, 0.15) is 0 Å². The molecule has 0 unspecified atom stereocenters. The van der Waals surface area contributed by atoms with E-state index in [1.165, 1.54) is 6.92 Å². The van der Waals surface area contributed by atoms with Crippen LogP contribution in [0.2, 0.25) is 5.02 Å². The van der Waals surface area contributed by atoms with E-state index < -0.39 is 5.97 Å². The normalized spacial score (nSPS) is 11.1. The summed E-state index contributed by atoms with van der Waals surface area (Å²) in [5, 5.41) is 12.1. The van der Waals surface area contributed by atoms with Crippen LogP contribution in [-0.2, 0) is 4.79 Å². The van der Waals surface area contributed by atoms with Crippen LogP contribution in [0.25, 0.3) is 0 Å². The van der Waals surface area contributed by atoms with E-state index in [-0.39, 0.29) is 11.6 Å². The summed E-state index contributed by atoms with van der Waals surface area (Å²) >= 11 is 5.82. The highest BCUT2D eigenvalue weighted by Crippen LogP contribution is 2.17. The smallest absolute Gasteiger partial charge is 0.330 e. The molecule has 0 heterocycles. The molecule has 0 aromatic heterocycles. The zero-order valence-corrected chi connectivity index (χ0v) is 12.9. The molecular weight excluding hydrogens is 292 g/mol. The maximum absolute atomic E-state index is 12.1. The first-order valence-electron chi connectivity index (χ1n) is 6.66. The number of amides is 2. The van der Waals surface area contributed by atoms with Crippen molar-refractivity contribution in [3.8, 4) is 0 Å². The van der Waals surface area contributed by atoms with E-state index in [0.717, 1.165) is 5.69 Å². The van der Waals surface area contributed by atoms with Gasteiger partial charge in [0.2, 0.25) is 0 Å². The number of nitrogens with zero attached hydrogens (tertiary/aromatic N) is 1. The minimum atomic E-state index is -0.947. The Balaban J connectivity index is 2.54. The SMILES string of the molecule is CCN(C(=O)NCCC=C(C)C(=O)O)c1ccc(Cl)cc1. The third kappa shape index (κ3) is 5.47. The van der Waals surface area contributed by atoms with Crippen molar-refractivity contribution in [3.63, 3.8) is 0 Å². The molecule has 5 nitrogen and oxygen atoms in total. The van der Waals surface area contributed by atoms with Crippen molar-refractivity contribution in [2.75, 3.05) is 18.0 Å². The Morgan fingerprint density at radius 3 is 2.48 bits per heavy atom. The molecule has 1 aromatic carbocycles. The molecule has 0 aliphatic carbocycles. The first kappa shape index (κ1) is 17.0. The van der Waals surface area contributed by atoms with Gasteiger partial charge in [0.25, 0.3) is 0 Å². The van der Waals surface area contributed by atoms with Crippen LogP contribution in [0.4, 0.5) is 10.5 Å². The Hall–Kier alpha value is -2.01. The third-order valence-electron chi connectivity index (χ3n) is 2.91. The minimum absolute atomic E-state index is 0.221. The van der Waals surface area contributed by atoms with Crippen LogP contribution in [0.15, 0.2) is 35.9 Å². The second-order valence-corrected chi connectivity index (χ2v) is 4.87. The van der Waals surface area contributed by atoms with Crippen LogP contribution in [0.5, 0.6) is 0 Å². The zero-order chi connectivity index (χ0) is 15.8. The van der Waals surface area contributed by atoms with E-state index in [1.807, 2.05) is 6.92 Å². The molecule has 0 radical (unpaired) electrons. The highest BCUT2D eigenvalue weighted by molar-refractivity contribution is 6.30. The number of benzene rings is 1. The topological polar surface area (TPSA) is 69.6 Å². The molecule has 0 bridgehead atoms. The number of urea groups is 1. The number of hydrogen-bond donors (Lipinski definition) is 2. The van der Waals surface area contributed by atoms with Crippen molar-refractivity contribution in [1.29, 1.82) is 0 Å². The van der Waals surface area contributed by atoms with Crippen molar-refractivity contribution < 1.29 is 14.7 Å². The van der Waals surface area contributed by atoms with E-state index in [9.17, 15) is 9.59 Å². The number of carbonyl (C=O) groups is 2. The second-order valence-electron chi connectivity index (χ2n) is 4.43. The summed E-state index contributed by atoms with van der Waals surface area (Å²) in [5.41, 5.74) is 1.03. The number of anilines is 1. The Bertz CT molecular complexity index is 526. The summed E-state index contributed by atoms with van der Waals surface area (Å²) < 4.78 is 0. The predicted octanol–water partition coefficient (Wildman–Crippen LogP) is 3.30. The summed E-state index contributed by atoms with van der Waals surface area (Å²) in [6.45, 7) is 4.31. The monoisotopic (exact) mass is 310 g/mol. The lowest BCUT2D eigenvalue weighted by Crippen LogP contribution is -2.40. The first-order chi connectivity index (χ1) is 9.95. The molecule has 0 saturated carbocycles. The number of carboxylic acid groups (broad SMARTS) is 1. The van der Waals surface area contributed by atoms with Crippen LogP contribution < -0.4 is 10.2 Å². The lowest BCUT2D eigenvalue weighted by molar-refractivity contribution is -0.132. The van der Waals surface area contributed by atoms with Crippen molar-refractivity contribution in [3.05, 3.63) is 40.9 Å². The van der Waals surface area contributed by atoms with Gasteiger partial charge in [-0.1, -0.05) is 17.7 Å². The standard InChI is InChI=1S/C15H19ClN2O3/c1-3-18(13-8-6-12(16)7-9-13)15(21)17-10-4-5-11(2)14(19)20/h5-9H,3-4,10H2,1-2H3,(H,17,21)(H,19,20). The molecule has 0 saturated heterocycles. The Morgan fingerprint density at radius 1 is 1.33 bits per heavy atom. The fourth-order valence-electron chi connectivity index (χ4n) is 1.71. The Morgan fingerprint density at radius 2 is 1.95 bits per heavy atom. The number of hydrogen-bond acceptors (Lipinski definition) is 2. The highest BCUT2D eigenvalue weighted by atomic mass is 35.5. The summed E-state index contributed by atoms with van der Waals surface area (Å²) in [6.07, 6.45) is 2.06. The molecule has 0 fully saturated rings. The summed E-state index contributed by atoms with van der Waals surface area (Å²) in [7, 11) is 0. The van der Waals surface area contributed by atoms with Gasteiger partial charge in [-0.25, -0.2) is 9.59 Å². The van der Waals surface area contributed by atoms with Crippen LogP contribution in [0, 0.1) is 0 Å². The first-order valence-corrected chi connectivity index (χ1v) is 7.04. The lowest BCUT2D eigenvalue weighted by Gasteiger charge is -2.21. The zero-order valence-electron chi connectivity index (χ0n) is 12.1.